The van der Waals surface area contributed by atoms with E-state index in [0.717, 1.165) is 28.5 Å². The monoisotopic (exact) mass is 436 g/mol. The zero-order valence-electron chi connectivity index (χ0n) is 16.2. The Balaban J connectivity index is 1.44. The van der Waals surface area contributed by atoms with Gasteiger partial charge in [0.05, 0.1) is 10.7 Å². The SMILES string of the molecule is Cn1c(=O)c2c(ncn2CC(=O)N2CCN(Cc3ccc(Cl)s3)CC2)n(C)c1=O. The smallest absolute Gasteiger partial charge is 0.332 e. The van der Waals surface area contributed by atoms with Crippen molar-refractivity contribution < 1.29 is 4.79 Å². The van der Waals surface area contributed by atoms with E-state index in [0.29, 0.717) is 13.1 Å². The Bertz CT molecular complexity index is 1180. The fraction of sp³-hybridized carbons (Fsp3) is 0.444. The number of fused-ring (bicyclic) bond motifs is 1. The Labute approximate surface area is 175 Å². The van der Waals surface area contributed by atoms with Gasteiger partial charge in [0.1, 0.15) is 6.54 Å². The molecule has 0 unspecified atom stereocenters. The summed E-state index contributed by atoms with van der Waals surface area (Å²) in [6.45, 7) is 3.66. The van der Waals surface area contributed by atoms with E-state index in [2.05, 4.69) is 9.88 Å². The molecule has 0 bridgehead atoms. The molecule has 0 radical (unpaired) electrons. The van der Waals surface area contributed by atoms with E-state index >= 15 is 0 Å². The van der Waals surface area contributed by atoms with Crippen LogP contribution in [0.2, 0.25) is 4.34 Å². The number of piperazine rings is 1. The van der Waals surface area contributed by atoms with Crippen molar-refractivity contribution in [3.05, 3.63) is 48.5 Å². The number of imidazole rings is 1. The number of thiophene rings is 1. The Morgan fingerprint density at radius 3 is 2.52 bits per heavy atom. The molecule has 4 rings (SSSR count). The third-order valence-electron chi connectivity index (χ3n) is 5.26. The van der Waals surface area contributed by atoms with E-state index in [9.17, 15) is 14.4 Å². The number of amides is 1. The predicted molar refractivity (Wildman–Crippen MR) is 111 cm³/mol. The van der Waals surface area contributed by atoms with Gasteiger partial charge in [0.25, 0.3) is 5.56 Å². The maximum absolute atomic E-state index is 12.8. The Morgan fingerprint density at radius 2 is 1.86 bits per heavy atom. The van der Waals surface area contributed by atoms with Crippen LogP contribution in [0.1, 0.15) is 4.88 Å². The highest BCUT2D eigenvalue weighted by Gasteiger charge is 2.23. The number of nitrogens with zero attached hydrogens (tertiary/aromatic N) is 6. The molecule has 1 fully saturated rings. The number of hydrogen-bond acceptors (Lipinski definition) is 6. The maximum Gasteiger partial charge on any atom is 0.332 e. The van der Waals surface area contributed by atoms with E-state index in [1.165, 1.54) is 27.4 Å². The number of hydrogen-bond donors (Lipinski definition) is 0. The summed E-state index contributed by atoms with van der Waals surface area (Å²) in [6.07, 6.45) is 1.44. The van der Waals surface area contributed by atoms with Gasteiger partial charge in [-0.1, -0.05) is 11.6 Å². The summed E-state index contributed by atoms with van der Waals surface area (Å²) in [5.74, 6) is -0.0703. The van der Waals surface area contributed by atoms with Crippen LogP contribution in [-0.4, -0.2) is 60.6 Å². The van der Waals surface area contributed by atoms with Crippen molar-refractivity contribution in [2.75, 3.05) is 26.2 Å². The number of carbonyl (C=O) groups is 1. The molecule has 0 N–H and O–H groups in total. The molecule has 0 aliphatic carbocycles. The molecule has 4 heterocycles. The molecule has 1 saturated heterocycles. The quantitative estimate of drug-likeness (QED) is 0.594. The molecule has 1 aliphatic heterocycles. The van der Waals surface area contributed by atoms with Gasteiger partial charge in [0.2, 0.25) is 5.91 Å². The third kappa shape index (κ3) is 3.75. The zero-order chi connectivity index (χ0) is 20.7. The van der Waals surface area contributed by atoms with Crippen LogP contribution in [0.5, 0.6) is 0 Å². The Kier molecular flexibility index (Phi) is 5.32. The molecule has 0 spiro atoms. The van der Waals surface area contributed by atoms with Crippen LogP contribution in [0.3, 0.4) is 0 Å². The fourth-order valence-corrected chi connectivity index (χ4v) is 4.71. The minimum Gasteiger partial charge on any atom is -0.339 e. The second kappa shape index (κ2) is 7.77. The number of rotatable bonds is 4. The van der Waals surface area contributed by atoms with Gasteiger partial charge in [-0.05, 0) is 12.1 Å². The average molecular weight is 437 g/mol. The molecule has 0 saturated carbocycles. The summed E-state index contributed by atoms with van der Waals surface area (Å²) < 4.78 is 4.65. The van der Waals surface area contributed by atoms with Crippen LogP contribution in [0, 0.1) is 0 Å². The van der Waals surface area contributed by atoms with Crippen molar-refractivity contribution >= 4 is 40.0 Å². The molecular weight excluding hydrogens is 416 g/mol. The van der Waals surface area contributed by atoms with Crippen LogP contribution in [0.15, 0.2) is 28.0 Å². The van der Waals surface area contributed by atoms with Crippen LogP contribution in [-0.2, 0) is 32.0 Å². The van der Waals surface area contributed by atoms with Crippen LogP contribution < -0.4 is 11.2 Å². The highest BCUT2D eigenvalue weighted by Crippen LogP contribution is 2.23. The summed E-state index contributed by atoms with van der Waals surface area (Å²) in [4.78, 5) is 46.8. The second-order valence-electron chi connectivity index (χ2n) is 7.11. The van der Waals surface area contributed by atoms with Crippen LogP contribution in [0.25, 0.3) is 11.2 Å². The van der Waals surface area contributed by atoms with Gasteiger partial charge in [-0.15, -0.1) is 11.3 Å². The first kappa shape index (κ1) is 19.9. The van der Waals surface area contributed by atoms with Crippen molar-refractivity contribution in [1.82, 2.24) is 28.5 Å². The molecule has 1 amide bonds. The molecule has 3 aromatic rings. The van der Waals surface area contributed by atoms with Crippen molar-refractivity contribution in [1.29, 1.82) is 0 Å². The van der Waals surface area contributed by atoms with Gasteiger partial charge in [0.15, 0.2) is 11.2 Å². The molecule has 29 heavy (non-hydrogen) atoms. The molecule has 0 aromatic carbocycles. The topological polar surface area (TPSA) is 85.4 Å². The first-order valence-corrected chi connectivity index (χ1v) is 10.4. The lowest BCUT2D eigenvalue weighted by molar-refractivity contribution is -0.133. The third-order valence-corrected chi connectivity index (χ3v) is 6.47. The first-order valence-electron chi connectivity index (χ1n) is 9.20. The highest BCUT2D eigenvalue weighted by molar-refractivity contribution is 7.16. The average Bonchev–Trinajstić information content (AvgIpc) is 3.31. The summed E-state index contributed by atoms with van der Waals surface area (Å²) in [5.41, 5.74) is -0.350. The van der Waals surface area contributed by atoms with Crippen molar-refractivity contribution in [3.8, 4) is 0 Å². The molecule has 1 aliphatic rings. The number of aromatic nitrogens is 4. The van der Waals surface area contributed by atoms with Crippen molar-refractivity contribution in [2.24, 2.45) is 14.1 Å². The van der Waals surface area contributed by atoms with E-state index in [1.54, 1.807) is 23.3 Å². The van der Waals surface area contributed by atoms with Gasteiger partial charge >= 0.3 is 5.69 Å². The van der Waals surface area contributed by atoms with Crippen LogP contribution in [0.4, 0.5) is 0 Å². The maximum atomic E-state index is 12.8. The van der Waals surface area contributed by atoms with Crippen molar-refractivity contribution in [3.63, 3.8) is 0 Å². The van der Waals surface area contributed by atoms with E-state index < -0.39 is 11.2 Å². The second-order valence-corrected chi connectivity index (χ2v) is 8.91. The summed E-state index contributed by atoms with van der Waals surface area (Å²) in [7, 11) is 2.98. The largest absolute Gasteiger partial charge is 0.339 e. The minimum atomic E-state index is -0.451. The molecule has 11 heteroatoms. The lowest BCUT2D eigenvalue weighted by Gasteiger charge is -2.34. The van der Waals surface area contributed by atoms with E-state index in [-0.39, 0.29) is 23.6 Å². The molecule has 154 valence electrons. The van der Waals surface area contributed by atoms with Gasteiger partial charge in [-0.2, -0.15) is 0 Å². The van der Waals surface area contributed by atoms with Gasteiger partial charge in [-0.3, -0.25) is 23.6 Å². The lowest BCUT2D eigenvalue weighted by Crippen LogP contribution is -2.49. The minimum absolute atomic E-state index is 0.0183. The zero-order valence-corrected chi connectivity index (χ0v) is 17.7. The highest BCUT2D eigenvalue weighted by atomic mass is 35.5. The summed E-state index contributed by atoms with van der Waals surface area (Å²) >= 11 is 7.56. The van der Waals surface area contributed by atoms with Gasteiger partial charge in [-0.25, -0.2) is 9.78 Å². The van der Waals surface area contributed by atoms with Crippen molar-refractivity contribution in [2.45, 2.75) is 13.1 Å². The Morgan fingerprint density at radius 1 is 1.14 bits per heavy atom. The first-order chi connectivity index (χ1) is 13.8. The van der Waals surface area contributed by atoms with Gasteiger partial charge < -0.3 is 9.47 Å². The summed E-state index contributed by atoms with van der Waals surface area (Å²) in [5, 5.41) is 0. The number of carbonyl (C=O) groups excluding carboxylic acids is 1. The number of halogens is 1. The molecular formula is C18H21ClN6O3S. The van der Waals surface area contributed by atoms with Crippen LogP contribution >= 0.6 is 22.9 Å². The van der Waals surface area contributed by atoms with E-state index in [1.807, 2.05) is 12.1 Å². The molecule has 3 aromatic heterocycles. The van der Waals surface area contributed by atoms with E-state index in [4.69, 9.17) is 11.6 Å². The Hall–Kier alpha value is -2.43. The summed E-state index contributed by atoms with van der Waals surface area (Å²) in [6, 6.07) is 3.93. The molecule has 9 nitrogen and oxygen atoms in total. The number of aryl methyl sites for hydroxylation is 1. The molecule has 0 atom stereocenters. The standard InChI is InChI=1S/C18H21ClN6O3S/c1-21-16-15(17(27)22(2)18(21)28)25(11-20-16)10-14(26)24-7-5-23(6-8-24)9-12-3-4-13(19)29-12/h3-4,11H,5-10H2,1-2H3. The van der Waals surface area contributed by atoms with Gasteiger partial charge in [0, 0.05) is 51.7 Å². The predicted octanol–water partition coefficient (Wildman–Crippen LogP) is 0.493. The fourth-order valence-electron chi connectivity index (χ4n) is 3.58. The normalized spacial score (nSPS) is 15.3. The lowest BCUT2D eigenvalue weighted by atomic mass is 10.3.